The van der Waals surface area contributed by atoms with Gasteiger partial charge in [0.1, 0.15) is 0 Å². The van der Waals surface area contributed by atoms with Crippen LogP contribution < -0.4 is 0 Å². The highest BCUT2D eigenvalue weighted by atomic mass is 16.5. The SMILES string of the molecule is CCO[C-]=O. The Morgan fingerprint density at radius 2 is 2.60 bits per heavy atom. The lowest BCUT2D eigenvalue weighted by Gasteiger charge is -1.97. The van der Waals surface area contributed by atoms with Crippen molar-refractivity contribution in [2.24, 2.45) is 0 Å². The van der Waals surface area contributed by atoms with Gasteiger partial charge in [-0.1, -0.05) is 6.47 Å². The van der Waals surface area contributed by atoms with Gasteiger partial charge in [0.2, 0.25) is 0 Å². The predicted molar refractivity (Wildman–Crippen MR) is 17.3 cm³/mol. The van der Waals surface area contributed by atoms with Gasteiger partial charge in [0, 0.05) is 6.61 Å². The zero-order valence-corrected chi connectivity index (χ0v) is 3.02. The second kappa shape index (κ2) is 3.47. The monoisotopic (exact) mass is 73.0 g/mol. The summed E-state index contributed by atoms with van der Waals surface area (Å²) in [4.78, 5) is 9.06. The summed E-state index contributed by atoms with van der Waals surface area (Å²) in [6.45, 7) is 3.41. The lowest BCUT2D eigenvalue weighted by molar-refractivity contribution is 0.296. The smallest absolute Gasteiger partial charge is 0.0451 e. The Morgan fingerprint density at radius 1 is 2.00 bits per heavy atom. The molecule has 5 heavy (non-hydrogen) atoms. The maximum atomic E-state index is 9.06. The first-order valence-corrected chi connectivity index (χ1v) is 1.40. The highest BCUT2D eigenvalue weighted by molar-refractivity contribution is 5.37. The van der Waals surface area contributed by atoms with Crippen molar-refractivity contribution in [3.05, 3.63) is 0 Å². The minimum Gasteiger partial charge on any atom is -0.653 e. The topological polar surface area (TPSA) is 26.3 Å². The van der Waals surface area contributed by atoms with Crippen LogP contribution in [0.2, 0.25) is 0 Å². The molecular formula is C3H5O2-. The molecule has 0 aromatic heterocycles. The van der Waals surface area contributed by atoms with Crippen molar-refractivity contribution < 1.29 is 9.53 Å². The largest absolute Gasteiger partial charge is 0.653 e. The fourth-order valence-corrected chi connectivity index (χ4v) is 0.0589. The van der Waals surface area contributed by atoms with Crippen molar-refractivity contribution in [1.82, 2.24) is 0 Å². The number of carbonyl (C=O) groups excluding carboxylic acids is 1. The molecule has 0 aliphatic carbocycles. The van der Waals surface area contributed by atoms with Crippen LogP contribution in [0, 0.1) is 0 Å². The normalized spacial score (nSPS) is 6.60. The van der Waals surface area contributed by atoms with Gasteiger partial charge in [-0.15, -0.1) is 0 Å². The number of rotatable bonds is 2. The molecule has 0 bridgehead atoms. The molecule has 2 heteroatoms. The van der Waals surface area contributed by atoms with Crippen LogP contribution >= 0.6 is 0 Å². The van der Waals surface area contributed by atoms with Crippen LogP contribution in [0.25, 0.3) is 0 Å². The summed E-state index contributed by atoms with van der Waals surface area (Å²) in [6, 6.07) is 0. The van der Waals surface area contributed by atoms with Crippen LogP contribution in [0.3, 0.4) is 0 Å². The van der Waals surface area contributed by atoms with Gasteiger partial charge < -0.3 is 9.53 Å². The fourth-order valence-electron chi connectivity index (χ4n) is 0.0589. The minimum absolute atomic E-state index is 0.420. The molecule has 0 N–H and O–H groups in total. The van der Waals surface area contributed by atoms with E-state index in [4.69, 9.17) is 4.79 Å². The molecule has 30 valence electrons. The van der Waals surface area contributed by atoms with Gasteiger partial charge in [0.15, 0.2) is 0 Å². The molecule has 0 spiro atoms. The van der Waals surface area contributed by atoms with Crippen LogP contribution in [0.1, 0.15) is 6.92 Å². The van der Waals surface area contributed by atoms with Crippen LogP contribution in [-0.2, 0) is 9.53 Å². The van der Waals surface area contributed by atoms with E-state index in [2.05, 4.69) is 4.74 Å². The van der Waals surface area contributed by atoms with Gasteiger partial charge in [-0.3, -0.25) is 0 Å². The Morgan fingerprint density at radius 3 is 2.60 bits per heavy atom. The van der Waals surface area contributed by atoms with Crippen molar-refractivity contribution >= 4 is 6.47 Å². The van der Waals surface area contributed by atoms with Gasteiger partial charge in [0.05, 0.1) is 0 Å². The molecule has 0 radical (unpaired) electrons. The van der Waals surface area contributed by atoms with Gasteiger partial charge in [-0.2, -0.15) is 0 Å². The molecule has 0 rings (SSSR count). The molecule has 0 saturated carbocycles. The minimum atomic E-state index is 0.420. The van der Waals surface area contributed by atoms with Crippen LogP contribution in [0.4, 0.5) is 0 Å². The summed E-state index contributed by atoms with van der Waals surface area (Å²) >= 11 is 0. The highest BCUT2D eigenvalue weighted by Crippen LogP contribution is 1.55. The molecule has 0 unspecified atom stereocenters. The maximum absolute atomic E-state index is 9.06. The highest BCUT2D eigenvalue weighted by Gasteiger charge is 1.46. The second-order valence-corrected chi connectivity index (χ2v) is 0.516. The van der Waals surface area contributed by atoms with Gasteiger partial charge in [0.25, 0.3) is 0 Å². The molecule has 0 atom stereocenters. The van der Waals surface area contributed by atoms with Crippen LogP contribution in [0.15, 0.2) is 0 Å². The van der Waals surface area contributed by atoms with E-state index in [0.717, 1.165) is 0 Å². The fraction of sp³-hybridized carbons (Fsp3) is 0.667. The summed E-state index contributed by atoms with van der Waals surface area (Å²) in [7, 11) is 0. The average molecular weight is 73.1 g/mol. The van der Waals surface area contributed by atoms with Crippen molar-refractivity contribution in [3.8, 4) is 0 Å². The first-order chi connectivity index (χ1) is 2.41. The van der Waals surface area contributed by atoms with Crippen molar-refractivity contribution in [1.29, 1.82) is 0 Å². The summed E-state index contributed by atoms with van der Waals surface area (Å²) in [6.07, 6.45) is 0. The van der Waals surface area contributed by atoms with E-state index in [1.807, 2.05) is 0 Å². The third-order valence-electron chi connectivity index (χ3n) is 0.203. The molecule has 0 heterocycles. The predicted octanol–water partition coefficient (Wildman–Crippen LogP) is 0.0901. The Hall–Kier alpha value is -0.530. The molecule has 0 aliphatic heterocycles. The van der Waals surface area contributed by atoms with Crippen LogP contribution in [0.5, 0.6) is 0 Å². The second-order valence-electron chi connectivity index (χ2n) is 0.516. The van der Waals surface area contributed by atoms with Crippen molar-refractivity contribution in [2.45, 2.75) is 6.92 Å². The van der Waals surface area contributed by atoms with E-state index in [9.17, 15) is 0 Å². The molecule has 0 aromatic rings. The van der Waals surface area contributed by atoms with Gasteiger partial charge in [-0.05, 0) is 6.92 Å². The Balaban J connectivity index is 2.40. The first kappa shape index (κ1) is 4.47. The Kier molecular flexibility index (Phi) is 3.10. The third kappa shape index (κ3) is 3.47. The Bertz CT molecular complexity index is 26.1. The Labute approximate surface area is 30.7 Å². The molecular weight excluding hydrogens is 68.0 g/mol. The molecule has 0 fully saturated rings. The average Bonchev–Trinajstić information content (AvgIpc) is 1.41. The molecule has 0 saturated heterocycles. The summed E-state index contributed by atoms with van der Waals surface area (Å²) in [5.41, 5.74) is 0. The zero-order valence-electron chi connectivity index (χ0n) is 3.02. The quantitative estimate of drug-likeness (QED) is 0.433. The first-order valence-electron chi connectivity index (χ1n) is 1.40. The molecule has 2 nitrogen and oxygen atoms in total. The maximum Gasteiger partial charge on any atom is 0.0451 e. The van der Waals surface area contributed by atoms with Crippen molar-refractivity contribution in [2.75, 3.05) is 6.61 Å². The van der Waals surface area contributed by atoms with Gasteiger partial charge >= 0.3 is 0 Å². The third-order valence-corrected chi connectivity index (χ3v) is 0.203. The van der Waals surface area contributed by atoms with E-state index < -0.39 is 0 Å². The lowest BCUT2D eigenvalue weighted by atomic mass is 10.9. The lowest BCUT2D eigenvalue weighted by Crippen LogP contribution is -1.80. The van der Waals surface area contributed by atoms with E-state index in [1.54, 1.807) is 6.92 Å². The molecule has 0 aromatic carbocycles. The van der Waals surface area contributed by atoms with Crippen molar-refractivity contribution in [3.63, 3.8) is 0 Å². The zero-order chi connectivity index (χ0) is 4.12. The number of hydrogen-bond acceptors (Lipinski definition) is 2. The van der Waals surface area contributed by atoms with Gasteiger partial charge in [-0.25, -0.2) is 0 Å². The summed E-state index contributed by atoms with van der Waals surface area (Å²) < 4.78 is 4.03. The standard InChI is InChI=1S/C3H5O2/c1-2-5-3-4/h2H2,1H3/q-1. The van der Waals surface area contributed by atoms with E-state index >= 15 is 0 Å². The summed E-state index contributed by atoms with van der Waals surface area (Å²) in [5.74, 6) is 0. The summed E-state index contributed by atoms with van der Waals surface area (Å²) in [5, 5.41) is 0. The number of ether oxygens (including phenoxy) is 1. The van der Waals surface area contributed by atoms with E-state index in [0.29, 0.717) is 6.61 Å². The number of hydrogen-bond donors (Lipinski definition) is 0. The molecule has 0 aliphatic rings. The van der Waals surface area contributed by atoms with E-state index in [-0.39, 0.29) is 0 Å². The van der Waals surface area contributed by atoms with E-state index in [1.165, 1.54) is 6.47 Å². The van der Waals surface area contributed by atoms with Crippen LogP contribution in [-0.4, -0.2) is 13.1 Å². The molecule has 0 amide bonds.